The lowest BCUT2D eigenvalue weighted by molar-refractivity contribution is 0.612. The molecule has 0 spiro atoms. The van der Waals surface area contributed by atoms with Crippen molar-refractivity contribution in [3.8, 4) is 0 Å². The van der Waals surface area contributed by atoms with Gasteiger partial charge in [0.25, 0.3) is 0 Å². The zero-order valence-electron chi connectivity index (χ0n) is 10.7. The van der Waals surface area contributed by atoms with Gasteiger partial charge in [-0.1, -0.05) is 28.1 Å². The van der Waals surface area contributed by atoms with E-state index in [0.29, 0.717) is 0 Å². The average Bonchev–Trinajstić information content (AvgIpc) is 2.79. The maximum atomic E-state index is 13.7. The lowest BCUT2D eigenvalue weighted by atomic mass is 10.1. The molecule has 1 aliphatic carbocycles. The minimum Gasteiger partial charge on any atom is -0.378 e. The Bertz CT molecular complexity index is 624. The summed E-state index contributed by atoms with van der Waals surface area (Å²) in [5.74, 6) is -0.0752. The van der Waals surface area contributed by atoms with Crippen molar-refractivity contribution in [2.24, 2.45) is 0 Å². The number of nitrogens with one attached hydrogen (secondary N) is 1. The average molecular weight is 320 g/mol. The van der Waals surface area contributed by atoms with Gasteiger partial charge >= 0.3 is 0 Å². The van der Waals surface area contributed by atoms with Gasteiger partial charge in [-0.15, -0.1) is 0 Å². The van der Waals surface area contributed by atoms with Crippen molar-refractivity contribution >= 4 is 21.6 Å². The van der Waals surface area contributed by atoms with Crippen LogP contribution in [0.5, 0.6) is 0 Å². The zero-order valence-corrected chi connectivity index (χ0v) is 12.3. The van der Waals surface area contributed by atoms with E-state index in [0.717, 1.165) is 34.1 Å². The highest BCUT2D eigenvalue weighted by atomic mass is 79.9. The van der Waals surface area contributed by atoms with E-state index in [-0.39, 0.29) is 11.9 Å². The van der Waals surface area contributed by atoms with Crippen molar-refractivity contribution in [1.82, 2.24) is 0 Å². The predicted molar refractivity (Wildman–Crippen MR) is 80.0 cm³/mol. The quantitative estimate of drug-likeness (QED) is 0.821. The fourth-order valence-corrected chi connectivity index (χ4v) is 2.94. The van der Waals surface area contributed by atoms with Crippen LogP contribution in [0.2, 0.25) is 0 Å². The largest absolute Gasteiger partial charge is 0.378 e. The van der Waals surface area contributed by atoms with Gasteiger partial charge in [0.15, 0.2) is 0 Å². The van der Waals surface area contributed by atoms with Gasteiger partial charge in [0, 0.05) is 10.2 Å². The molecule has 0 fully saturated rings. The monoisotopic (exact) mass is 319 g/mol. The van der Waals surface area contributed by atoms with Gasteiger partial charge in [0.2, 0.25) is 0 Å². The second-order valence-electron chi connectivity index (χ2n) is 5.01. The van der Waals surface area contributed by atoms with E-state index in [1.807, 2.05) is 18.2 Å². The molecule has 0 radical (unpaired) electrons. The molecule has 1 N–H and O–H groups in total. The first-order chi connectivity index (χ1) is 9.15. The first-order valence-corrected chi connectivity index (χ1v) is 7.24. The highest BCUT2D eigenvalue weighted by Crippen LogP contribution is 2.35. The molecular weight excluding hydrogens is 305 g/mol. The number of anilines is 1. The smallest absolute Gasteiger partial charge is 0.126 e. The number of benzene rings is 2. The van der Waals surface area contributed by atoms with Gasteiger partial charge in [-0.3, -0.25) is 0 Å². The molecule has 19 heavy (non-hydrogen) atoms. The number of rotatable bonds is 2. The van der Waals surface area contributed by atoms with Crippen LogP contribution in [0.3, 0.4) is 0 Å². The molecule has 0 heterocycles. The third-order valence-electron chi connectivity index (χ3n) is 3.71. The fourth-order valence-electron chi connectivity index (χ4n) is 2.70. The van der Waals surface area contributed by atoms with E-state index in [9.17, 15) is 4.39 Å². The number of hydrogen-bond donors (Lipinski definition) is 1. The number of aryl methyl sites for hydroxylation is 1. The summed E-state index contributed by atoms with van der Waals surface area (Å²) < 4.78 is 14.8. The minimum absolute atomic E-state index is 0.0752. The van der Waals surface area contributed by atoms with E-state index in [1.54, 1.807) is 12.1 Å². The number of halogens is 2. The molecule has 0 aromatic heterocycles. The van der Waals surface area contributed by atoms with Crippen LogP contribution in [0, 0.1) is 12.7 Å². The maximum Gasteiger partial charge on any atom is 0.126 e. The molecule has 2 aromatic carbocycles. The minimum atomic E-state index is -0.0752. The summed E-state index contributed by atoms with van der Waals surface area (Å²) in [6.07, 6.45) is 1.76. The van der Waals surface area contributed by atoms with Crippen molar-refractivity contribution in [1.29, 1.82) is 0 Å². The van der Waals surface area contributed by atoms with E-state index in [2.05, 4.69) is 34.2 Å². The van der Waals surface area contributed by atoms with Gasteiger partial charge in [-0.05, 0) is 60.7 Å². The van der Waals surface area contributed by atoms with Crippen LogP contribution in [0.15, 0.2) is 40.9 Å². The Morgan fingerprint density at radius 2 is 2.11 bits per heavy atom. The molecule has 0 amide bonds. The van der Waals surface area contributed by atoms with Crippen LogP contribution in [-0.2, 0) is 6.42 Å². The van der Waals surface area contributed by atoms with E-state index in [1.165, 1.54) is 5.56 Å². The molecule has 2 aromatic rings. The van der Waals surface area contributed by atoms with Crippen LogP contribution in [-0.4, -0.2) is 0 Å². The van der Waals surface area contributed by atoms with E-state index in [4.69, 9.17) is 0 Å². The Morgan fingerprint density at radius 3 is 2.89 bits per heavy atom. The summed E-state index contributed by atoms with van der Waals surface area (Å²) in [5.41, 5.74) is 4.25. The lowest BCUT2D eigenvalue weighted by Gasteiger charge is -2.16. The molecule has 1 atom stereocenters. The maximum absolute atomic E-state index is 13.7. The molecule has 3 heteroatoms. The van der Waals surface area contributed by atoms with Crippen LogP contribution in [0.25, 0.3) is 0 Å². The summed E-state index contributed by atoms with van der Waals surface area (Å²) in [4.78, 5) is 0. The van der Waals surface area contributed by atoms with Crippen LogP contribution < -0.4 is 5.32 Å². The second-order valence-corrected chi connectivity index (χ2v) is 5.86. The SMILES string of the molecule is Cc1cc(NC2CCc3c(F)cccc32)ccc1Br. The van der Waals surface area contributed by atoms with Gasteiger partial charge in [0.1, 0.15) is 5.82 Å². The summed E-state index contributed by atoms with van der Waals surface area (Å²) in [5, 5.41) is 3.50. The molecule has 1 aliphatic rings. The second kappa shape index (κ2) is 4.97. The Morgan fingerprint density at radius 1 is 1.26 bits per heavy atom. The van der Waals surface area contributed by atoms with Gasteiger partial charge in [-0.2, -0.15) is 0 Å². The summed E-state index contributed by atoms with van der Waals surface area (Å²) in [6.45, 7) is 2.07. The molecule has 3 rings (SSSR count). The van der Waals surface area contributed by atoms with Crippen LogP contribution >= 0.6 is 15.9 Å². The first-order valence-electron chi connectivity index (χ1n) is 6.45. The van der Waals surface area contributed by atoms with Gasteiger partial charge < -0.3 is 5.32 Å². The Balaban J connectivity index is 1.86. The molecular formula is C16H15BrFN. The molecule has 0 bridgehead atoms. The Kier molecular flexibility index (Phi) is 3.31. The van der Waals surface area contributed by atoms with Crippen molar-refractivity contribution < 1.29 is 4.39 Å². The van der Waals surface area contributed by atoms with Gasteiger partial charge in [-0.25, -0.2) is 4.39 Å². The molecule has 0 saturated carbocycles. The number of hydrogen-bond acceptors (Lipinski definition) is 1. The molecule has 0 aliphatic heterocycles. The molecule has 0 saturated heterocycles. The fraction of sp³-hybridized carbons (Fsp3) is 0.250. The predicted octanol–water partition coefficient (Wildman–Crippen LogP) is 5.00. The topological polar surface area (TPSA) is 12.0 Å². The molecule has 1 nitrogen and oxygen atoms in total. The Hall–Kier alpha value is -1.35. The summed E-state index contributed by atoms with van der Waals surface area (Å²) >= 11 is 3.50. The standard InChI is InChI=1S/C16H15BrFN/c1-10-9-11(5-7-14(10)17)19-16-8-6-12-13(16)3-2-4-15(12)18/h2-5,7,9,16,19H,6,8H2,1H3. The lowest BCUT2D eigenvalue weighted by Crippen LogP contribution is -2.07. The Labute approximate surface area is 121 Å². The first kappa shape index (κ1) is 12.7. The van der Waals surface area contributed by atoms with Crippen molar-refractivity contribution in [2.75, 3.05) is 5.32 Å². The number of fused-ring (bicyclic) bond motifs is 1. The van der Waals surface area contributed by atoms with Crippen molar-refractivity contribution in [2.45, 2.75) is 25.8 Å². The zero-order chi connectivity index (χ0) is 13.4. The highest BCUT2D eigenvalue weighted by molar-refractivity contribution is 9.10. The van der Waals surface area contributed by atoms with E-state index >= 15 is 0 Å². The summed E-state index contributed by atoms with van der Waals surface area (Å²) in [7, 11) is 0. The third kappa shape index (κ3) is 2.39. The molecule has 1 unspecified atom stereocenters. The van der Waals surface area contributed by atoms with Crippen LogP contribution in [0.1, 0.15) is 29.2 Å². The van der Waals surface area contributed by atoms with E-state index < -0.39 is 0 Å². The van der Waals surface area contributed by atoms with Crippen LogP contribution in [0.4, 0.5) is 10.1 Å². The third-order valence-corrected chi connectivity index (χ3v) is 4.60. The highest BCUT2D eigenvalue weighted by Gasteiger charge is 2.24. The summed E-state index contributed by atoms with van der Waals surface area (Å²) in [6, 6.07) is 11.8. The van der Waals surface area contributed by atoms with Crippen molar-refractivity contribution in [3.05, 3.63) is 63.4 Å². The normalized spacial score (nSPS) is 17.3. The van der Waals surface area contributed by atoms with Crippen molar-refractivity contribution in [3.63, 3.8) is 0 Å². The van der Waals surface area contributed by atoms with Gasteiger partial charge in [0.05, 0.1) is 6.04 Å². The molecule has 98 valence electrons.